The Labute approximate surface area is 214 Å². The molecule has 3 amide bonds. The lowest BCUT2D eigenvalue weighted by Crippen LogP contribution is -2.45. The molecule has 4 rings (SSSR count). The zero-order chi connectivity index (χ0) is 26.0. The lowest BCUT2D eigenvalue weighted by molar-refractivity contribution is -0.159. The number of ether oxygens (including phenoxy) is 2. The number of rotatable bonds is 7. The minimum absolute atomic E-state index is 0.0362. The highest BCUT2D eigenvalue weighted by atomic mass is 35.5. The quantitative estimate of drug-likeness (QED) is 0.403. The number of likely N-dealkylation sites (tertiary alicyclic amines) is 1. The predicted octanol–water partition coefficient (Wildman–Crippen LogP) is 1.41. The summed E-state index contributed by atoms with van der Waals surface area (Å²) in [5.41, 5.74) is 0.0362. The second-order valence-electron chi connectivity index (χ2n) is 9.03. The largest absolute Gasteiger partial charge is 0.454 e. The summed E-state index contributed by atoms with van der Waals surface area (Å²) in [6, 6.07) is 2.77. The average Bonchev–Trinajstić information content (AvgIpc) is 3.13. The lowest BCUT2D eigenvalue weighted by atomic mass is 9.81. The number of carbonyl (C=O) groups is 4. The van der Waals surface area contributed by atoms with Gasteiger partial charge < -0.3 is 14.8 Å². The first-order valence-electron chi connectivity index (χ1n) is 11.8. The Hall–Kier alpha value is -2.54. The van der Waals surface area contributed by atoms with Gasteiger partial charge in [-0.2, -0.15) is 4.31 Å². The van der Waals surface area contributed by atoms with Crippen LogP contribution in [0.3, 0.4) is 0 Å². The van der Waals surface area contributed by atoms with Crippen LogP contribution in [0.25, 0.3) is 0 Å². The summed E-state index contributed by atoms with van der Waals surface area (Å²) in [6.07, 6.45) is 2.98. The normalized spacial score (nSPS) is 23.8. The molecule has 2 saturated heterocycles. The van der Waals surface area contributed by atoms with Crippen LogP contribution >= 0.6 is 11.6 Å². The number of amides is 3. The summed E-state index contributed by atoms with van der Waals surface area (Å²) in [4.78, 5) is 51.3. The van der Waals surface area contributed by atoms with Crippen LogP contribution in [0.15, 0.2) is 23.1 Å². The first kappa shape index (κ1) is 26.5. The first-order valence-corrected chi connectivity index (χ1v) is 13.6. The average molecular weight is 542 g/mol. The van der Waals surface area contributed by atoms with Gasteiger partial charge in [-0.1, -0.05) is 24.4 Å². The van der Waals surface area contributed by atoms with E-state index < -0.39 is 46.4 Å². The van der Waals surface area contributed by atoms with Crippen molar-refractivity contribution in [2.45, 2.75) is 43.5 Å². The zero-order valence-electron chi connectivity index (χ0n) is 19.8. The van der Waals surface area contributed by atoms with E-state index >= 15 is 0 Å². The molecule has 13 heteroatoms. The topological polar surface area (TPSA) is 139 Å². The Morgan fingerprint density at radius 2 is 1.75 bits per heavy atom. The summed E-state index contributed by atoms with van der Waals surface area (Å²) in [6.45, 7) is 1.69. The molecule has 3 fully saturated rings. The molecule has 0 radical (unpaired) electrons. The Bertz CT molecular complexity index is 1140. The van der Waals surface area contributed by atoms with E-state index in [1.807, 2.05) is 0 Å². The molecule has 0 unspecified atom stereocenters. The molecule has 0 bridgehead atoms. The van der Waals surface area contributed by atoms with E-state index in [9.17, 15) is 27.6 Å². The smallest absolute Gasteiger partial charge is 0.329 e. The van der Waals surface area contributed by atoms with Gasteiger partial charge in [-0.3, -0.25) is 19.3 Å². The number of fused-ring (bicyclic) bond motifs is 1. The second kappa shape index (κ2) is 10.8. The molecule has 36 heavy (non-hydrogen) atoms. The summed E-state index contributed by atoms with van der Waals surface area (Å²) in [7, 11) is -3.81. The van der Waals surface area contributed by atoms with Gasteiger partial charge in [0.1, 0.15) is 6.04 Å². The second-order valence-corrected chi connectivity index (χ2v) is 11.4. The molecule has 1 N–H and O–H groups in total. The van der Waals surface area contributed by atoms with Crippen LogP contribution < -0.4 is 5.32 Å². The van der Waals surface area contributed by atoms with E-state index in [2.05, 4.69) is 5.32 Å². The van der Waals surface area contributed by atoms with Crippen LogP contribution in [-0.2, 0) is 38.7 Å². The fourth-order valence-electron chi connectivity index (χ4n) is 4.82. The Morgan fingerprint density at radius 1 is 1.14 bits per heavy atom. The van der Waals surface area contributed by atoms with Crippen molar-refractivity contribution in [3.63, 3.8) is 0 Å². The lowest BCUT2D eigenvalue weighted by Gasteiger charge is -2.26. The van der Waals surface area contributed by atoms with E-state index in [0.717, 1.165) is 17.7 Å². The van der Waals surface area contributed by atoms with Crippen LogP contribution in [0.1, 0.15) is 32.6 Å². The predicted molar refractivity (Wildman–Crippen MR) is 127 cm³/mol. The van der Waals surface area contributed by atoms with Gasteiger partial charge in [-0.25, -0.2) is 13.2 Å². The molecule has 2 heterocycles. The molecule has 1 aromatic rings. The molecular formula is C23H28ClN3O8S. The molecule has 196 valence electrons. The van der Waals surface area contributed by atoms with E-state index in [1.165, 1.54) is 29.4 Å². The van der Waals surface area contributed by atoms with E-state index in [4.69, 9.17) is 21.1 Å². The van der Waals surface area contributed by atoms with Crippen molar-refractivity contribution in [3.05, 3.63) is 23.2 Å². The third-order valence-corrected chi connectivity index (χ3v) is 8.99. The van der Waals surface area contributed by atoms with Gasteiger partial charge in [0.25, 0.3) is 5.91 Å². The minimum atomic E-state index is -3.81. The molecule has 0 spiro atoms. The standard InChI is InChI=1S/C23H28ClN3O8S/c1-14(27-21(29)16-4-2-3-5-17(16)22(27)30)23(31)35-13-20(28)25-19-12-15(6-7-18(19)24)36(32,33)26-8-10-34-11-9-26/h6-7,12,14,16-17H,2-5,8-11,13H2,1H3,(H,25,28)/t14-,16+,17+/m0/s1. The van der Waals surface area contributed by atoms with E-state index in [0.29, 0.717) is 12.8 Å². The Balaban J connectivity index is 1.36. The molecule has 1 aliphatic carbocycles. The monoisotopic (exact) mass is 541 g/mol. The maximum atomic E-state index is 12.9. The first-order chi connectivity index (χ1) is 17.1. The highest BCUT2D eigenvalue weighted by Crippen LogP contribution is 2.39. The van der Waals surface area contributed by atoms with Crippen LogP contribution in [0.4, 0.5) is 5.69 Å². The molecule has 1 aromatic carbocycles. The summed E-state index contributed by atoms with van der Waals surface area (Å²) in [5, 5.41) is 2.54. The van der Waals surface area contributed by atoms with Crippen molar-refractivity contribution >= 4 is 51.0 Å². The zero-order valence-corrected chi connectivity index (χ0v) is 21.3. The number of sulfonamides is 1. The van der Waals surface area contributed by atoms with Crippen LogP contribution in [0.5, 0.6) is 0 Å². The molecule has 3 aliphatic rings. The Kier molecular flexibility index (Phi) is 7.98. The van der Waals surface area contributed by atoms with Crippen molar-refractivity contribution in [1.82, 2.24) is 9.21 Å². The van der Waals surface area contributed by atoms with E-state index in [-0.39, 0.29) is 53.7 Å². The van der Waals surface area contributed by atoms with Gasteiger partial charge in [0.2, 0.25) is 21.8 Å². The number of nitrogens with one attached hydrogen (secondary N) is 1. The molecule has 11 nitrogen and oxygen atoms in total. The fraction of sp³-hybridized carbons (Fsp3) is 0.565. The molecule has 0 aromatic heterocycles. The van der Waals surface area contributed by atoms with Crippen molar-refractivity contribution in [3.8, 4) is 0 Å². The fourth-order valence-corrected chi connectivity index (χ4v) is 6.41. The minimum Gasteiger partial charge on any atom is -0.454 e. The maximum absolute atomic E-state index is 12.9. The summed E-state index contributed by atoms with van der Waals surface area (Å²) < 4.78 is 37.3. The van der Waals surface area contributed by atoms with Crippen LogP contribution in [0.2, 0.25) is 5.02 Å². The number of anilines is 1. The number of morpholine rings is 1. The van der Waals surface area contributed by atoms with Gasteiger partial charge >= 0.3 is 5.97 Å². The van der Waals surface area contributed by atoms with Gasteiger partial charge in [0.15, 0.2) is 6.61 Å². The van der Waals surface area contributed by atoms with Crippen molar-refractivity contribution in [2.75, 3.05) is 38.2 Å². The number of hydrogen-bond acceptors (Lipinski definition) is 8. The van der Waals surface area contributed by atoms with Gasteiger partial charge in [0, 0.05) is 13.1 Å². The third-order valence-electron chi connectivity index (χ3n) is 6.77. The third kappa shape index (κ3) is 5.26. The number of esters is 1. The van der Waals surface area contributed by atoms with Crippen LogP contribution in [0, 0.1) is 11.8 Å². The highest BCUT2D eigenvalue weighted by molar-refractivity contribution is 7.89. The number of halogens is 1. The molecule has 1 saturated carbocycles. The van der Waals surface area contributed by atoms with Crippen LogP contribution in [-0.4, -0.2) is 80.3 Å². The highest BCUT2D eigenvalue weighted by Gasteiger charge is 2.51. The van der Waals surface area contributed by atoms with Crippen molar-refractivity contribution in [2.24, 2.45) is 11.8 Å². The maximum Gasteiger partial charge on any atom is 0.329 e. The van der Waals surface area contributed by atoms with Crippen molar-refractivity contribution in [1.29, 1.82) is 0 Å². The number of benzene rings is 1. The van der Waals surface area contributed by atoms with E-state index in [1.54, 1.807) is 0 Å². The Morgan fingerprint density at radius 3 is 2.36 bits per heavy atom. The number of hydrogen-bond donors (Lipinski definition) is 1. The molecule has 3 atom stereocenters. The molecule has 2 aliphatic heterocycles. The van der Waals surface area contributed by atoms with Crippen molar-refractivity contribution < 1.29 is 37.1 Å². The number of imide groups is 1. The van der Waals surface area contributed by atoms with Gasteiger partial charge in [-0.15, -0.1) is 0 Å². The molecular weight excluding hydrogens is 514 g/mol. The van der Waals surface area contributed by atoms with Gasteiger partial charge in [-0.05, 0) is 38.0 Å². The summed E-state index contributed by atoms with van der Waals surface area (Å²) in [5.74, 6) is -3.18. The number of nitrogens with zero attached hydrogens (tertiary/aromatic N) is 2. The van der Waals surface area contributed by atoms with Gasteiger partial charge in [0.05, 0.1) is 40.7 Å². The SMILES string of the molecule is C[C@@H](C(=O)OCC(=O)Nc1cc(S(=O)(=O)N2CCOCC2)ccc1Cl)N1C(=O)[C@@H]2CCCC[C@H]2C1=O. The summed E-state index contributed by atoms with van der Waals surface area (Å²) >= 11 is 6.13. The number of carbonyl (C=O) groups excluding carboxylic acids is 4.